The average Bonchev–Trinajstić information content (AvgIpc) is 2.70. The summed E-state index contributed by atoms with van der Waals surface area (Å²) in [6.07, 6.45) is 1.10. The number of nitrogens with zero attached hydrogens (tertiary/aromatic N) is 2. The Bertz CT molecular complexity index is 668. The lowest BCUT2D eigenvalue weighted by Crippen LogP contribution is -2.52. The van der Waals surface area contributed by atoms with E-state index in [2.05, 4.69) is 48.3 Å². The highest BCUT2D eigenvalue weighted by Crippen LogP contribution is 2.26. The van der Waals surface area contributed by atoms with E-state index in [1.165, 1.54) is 5.69 Å². The van der Waals surface area contributed by atoms with E-state index >= 15 is 0 Å². The van der Waals surface area contributed by atoms with E-state index in [4.69, 9.17) is 4.74 Å². The topological polar surface area (TPSA) is 61.9 Å². The molecule has 2 amide bonds. The van der Waals surface area contributed by atoms with Crippen LogP contribution in [0, 0.1) is 11.8 Å². The molecule has 6 nitrogen and oxygen atoms in total. The first-order valence-corrected chi connectivity index (χ1v) is 10.4. The second-order valence-electron chi connectivity index (χ2n) is 8.31. The number of anilines is 1. The average molecular weight is 388 g/mol. The Morgan fingerprint density at radius 1 is 1.21 bits per heavy atom. The van der Waals surface area contributed by atoms with Gasteiger partial charge in [0.1, 0.15) is 0 Å². The van der Waals surface area contributed by atoms with Gasteiger partial charge in [0.25, 0.3) is 0 Å². The highest BCUT2D eigenvalue weighted by Gasteiger charge is 2.36. The van der Waals surface area contributed by atoms with Crippen LogP contribution in [0.5, 0.6) is 0 Å². The molecule has 3 rings (SSSR count). The van der Waals surface area contributed by atoms with Crippen LogP contribution in [0.25, 0.3) is 0 Å². The molecule has 28 heavy (non-hydrogen) atoms. The number of hydrogen-bond donors (Lipinski definition) is 1. The van der Waals surface area contributed by atoms with Crippen LogP contribution >= 0.6 is 0 Å². The summed E-state index contributed by atoms with van der Waals surface area (Å²) in [5, 5.41) is 3.08. The predicted molar refractivity (Wildman–Crippen MR) is 110 cm³/mol. The van der Waals surface area contributed by atoms with Crippen LogP contribution < -0.4 is 10.2 Å². The number of carbonyl (C=O) groups is 2. The third-order valence-electron chi connectivity index (χ3n) is 5.74. The van der Waals surface area contributed by atoms with Crippen LogP contribution in [0.3, 0.4) is 0 Å². The number of rotatable bonds is 6. The molecule has 0 aliphatic carbocycles. The monoisotopic (exact) mass is 387 g/mol. The summed E-state index contributed by atoms with van der Waals surface area (Å²) in [5.41, 5.74) is 2.28. The number of morpholine rings is 1. The Hall–Kier alpha value is -2.08. The molecule has 2 heterocycles. The molecule has 0 spiro atoms. The van der Waals surface area contributed by atoms with Crippen molar-refractivity contribution in [2.45, 2.75) is 46.2 Å². The zero-order valence-electron chi connectivity index (χ0n) is 17.3. The van der Waals surface area contributed by atoms with Crippen molar-refractivity contribution in [3.8, 4) is 0 Å². The van der Waals surface area contributed by atoms with E-state index in [0.717, 1.165) is 31.9 Å². The molecule has 0 aromatic heterocycles. The van der Waals surface area contributed by atoms with Gasteiger partial charge in [-0.15, -0.1) is 0 Å². The molecule has 0 radical (unpaired) electrons. The molecule has 6 heteroatoms. The summed E-state index contributed by atoms with van der Waals surface area (Å²) in [4.78, 5) is 29.2. The number of ether oxygens (including phenoxy) is 1. The van der Waals surface area contributed by atoms with E-state index in [9.17, 15) is 9.59 Å². The minimum Gasteiger partial charge on any atom is -0.378 e. The molecule has 0 unspecified atom stereocenters. The smallest absolute Gasteiger partial charge is 0.225 e. The lowest BCUT2D eigenvalue weighted by molar-refractivity contribution is -0.143. The molecule has 2 aliphatic rings. The first kappa shape index (κ1) is 20.6. The summed E-state index contributed by atoms with van der Waals surface area (Å²) in [7, 11) is 0. The number of carbonyl (C=O) groups excluding carboxylic acids is 2. The molecule has 0 bridgehead atoms. The second-order valence-corrected chi connectivity index (χ2v) is 8.31. The minimum absolute atomic E-state index is 0.0472. The molecule has 1 N–H and O–H groups in total. The predicted octanol–water partition coefficient (Wildman–Crippen LogP) is 2.42. The highest BCUT2D eigenvalue weighted by atomic mass is 16.5. The van der Waals surface area contributed by atoms with E-state index in [1.807, 2.05) is 11.8 Å². The zero-order chi connectivity index (χ0) is 20.1. The Kier molecular flexibility index (Phi) is 6.94. The normalized spacial score (nSPS) is 23.2. The molecule has 0 saturated carbocycles. The molecule has 154 valence electrons. The van der Waals surface area contributed by atoms with Gasteiger partial charge in [0, 0.05) is 44.3 Å². The van der Waals surface area contributed by atoms with Crippen molar-refractivity contribution in [1.82, 2.24) is 10.2 Å². The van der Waals surface area contributed by atoms with Gasteiger partial charge >= 0.3 is 0 Å². The molecule has 2 atom stereocenters. The van der Waals surface area contributed by atoms with Crippen molar-refractivity contribution in [2.24, 2.45) is 11.8 Å². The van der Waals surface area contributed by atoms with E-state index in [1.54, 1.807) is 0 Å². The third-order valence-corrected chi connectivity index (χ3v) is 5.74. The Balaban J connectivity index is 1.53. The molecular weight excluding hydrogens is 354 g/mol. The molecule has 2 saturated heterocycles. The van der Waals surface area contributed by atoms with Gasteiger partial charge < -0.3 is 19.9 Å². The van der Waals surface area contributed by atoms with Crippen molar-refractivity contribution in [2.75, 3.05) is 37.7 Å². The maximum atomic E-state index is 12.8. The maximum Gasteiger partial charge on any atom is 0.225 e. The van der Waals surface area contributed by atoms with Gasteiger partial charge in [-0.2, -0.15) is 0 Å². The van der Waals surface area contributed by atoms with Crippen molar-refractivity contribution in [3.05, 3.63) is 29.8 Å². The van der Waals surface area contributed by atoms with Crippen LogP contribution in [0.2, 0.25) is 0 Å². The first-order valence-electron chi connectivity index (χ1n) is 10.4. The number of hydrogen-bond acceptors (Lipinski definition) is 4. The lowest BCUT2D eigenvalue weighted by atomic mass is 9.88. The van der Waals surface area contributed by atoms with Crippen molar-refractivity contribution < 1.29 is 14.3 Å². The summed E-state index contributed by atoms with van der Waals surface area (Å²) in [5.74, 6) is 0.484. The number of benzene rings is 1. The fourth-order valence-corrected chi connectivity index (χ4v) is 4.09. The number of nitrogens with one attached hydrogen (secondary N) is 1. The van der Waals surface area contributed by atoms with Crippen molar-refractivity contribution in [3.63, 3.8) is 0 Å². The maximum absolute atomic E-state index is 12.8. The Morgan fingerprint density at radius 3 is 2.54 bits per heavy atom. The van der Waals surface area contributed by atoms with Gasteiger partial charge in [0.2, 0.25) is 11.8 Å². The Morgan fingerprint density at radius 2 is 1.89 bits per heavy atom. The van der Waals surface area contributed by atoms with E-state index < -0.39 is 0 Å². The van der Waals surface area contributed by atoms with Gasteiger partial charge in [-0.3, -0.25) is 9.59 Å². The second kappa shape index (κ2) is 9.41. The number of amides is 2. The van der Waals surface area contributed by atoms with Crippen LogP contribution in [0.1, 0.15) is 39.2 Å². The summed E-state index contributed by atoms with van der Waals surface area (Å²) < 4.78 is 5.40. The van der Waals surface area contributed by atoms with Gasteiger partial charge in [-0.1, -0.05) is 26.0 Å². The van der Waals surface area contributed by atoms with Gasteiger partial charge in [-0.05, 0) is 37.0 Å². The van der Waals surface area contributed by atoms with Crippen LogP contribution in [-0.4, -0.2) is 55.6 Å². The van der Waals surface area contributed by atoms with Crippen LogP contribution in [-0.2, 0) is 20.9 Å². The molecule has 1 aromatic carbocycles. The first-order chi connectivity index (χ1) is 13.5. The summed E-state index contributed by atoms with van der Waals surface area (Å²) >= 11 is 0. The van der Waals surface area contributed by atoms with Crippen LogP contribution in [0.4, 0.5) is 5.69 Å². The van der Waals surface area contributed by atoms with Crippen LogP contribution in [0.15, 0.2) is 24.3 Å². The quantitative estimate of drug-likeness (QED) is 0.814. The summed E-state index contributed by atoms with van der Waals surface area (Å²) in [6, 6.07) is 8.32. The van der Waals surface area contributed by atoms with Gasteiger partial charge in [-0.25, -0.2) is 0 Å². The van der Waals surface area contributed by atoms with Gasteiger partial charge in [0.05, 0.1) is 19.1 Å². The fraction of sp³-hybridized carbons (Fsp3) is 0.636. The van der Waals surface area contributed by atoms with E-state index in [-0.39, 0.29) is 23.8 Å². The molecule has 2 aliphatic heterocycles. The minimum atomic E-state index is -0.135. The third kappa shape index (κ3) is 5.04. The lowest BCUT2D eigenvalue weighted by Gasteiger charge is -2.39. The largest absolute Gasteiger partial charge is 0.378 e. The van der Waals surface area contributed by atoms with Crippen molar-refractivity contribution in [1.29, 1.82) is 0 Å². The SMILES string of the molecule is CC(C)CN1C(=O)CC[C@@H](C(=O)NCc2ccc(N3CCOCC3)cc2)[C@H]1C. The van der Waals surface area contributed by atoms with Crippen molar-refractivity contribution >= 4 is 17.5 Å². The van der Waals surface area contributed by atoms with E-state index in [0.29, 0.717) is 31.8 Å². The Labute approximate surface area is 168 Å². The molecule has 1 aromatic rings. The number of piperidine rings is 1. The standard InChI is InChI=1S/C22H33N3O3/c1-16(2)15-25-17(3)20(8-9-21(25)26)22(27)23-14-18-4-6-19(7-5-18)24-10-12-28-13-11-24/h4-7,16-17,20H,8-15H2,1-3H3,(H,23,27)/t17-,20-/m1/s1. The highest BCUT2D eigenvalue weighted by molar-refractivity contribution is 5.84. The molecule has 2 fully saturated rings. The zero-order valence-corrected chi connectivity index (χ0v) is 17.3. The fourth-order valence-electron chi connectivity index (χ4n) is 4.09. The molecular formula is C22H33N3O3. The van der Waals surface area contributed by atoms with Gasteiger partial charge in [0.15, 0.2) is 0 Å². The summed E-state index contributed by atoms with van der Waals surface area (Å²) in [6.45, 7) is 10.8. The number of likely N-dealkylation sites (tertiary alicyclic amines) is 1.